The van der Waals surface area contributed by atoms with Crippen LogP contribution in [-0.4, -0.2) is 50.9 Å². The summed E-state index contributed by atoms with van der Waals surface area (Å²) in [4.78, 5) is 28.6. The van der Waals surface area contributed by atoms with Crippen molar-refractivity contribution in [3.05, 3.63) is 96.1 Å². The molecule has 0 aliphatic rings. The maximum Gasteiger partial charge on any atom is 0.240 e. The Morgan fingerprint density at radius 3 is 2.51 bits per heavy atom. The Kier molecular flexibility index (Phi) is 9.36. The first-order valence-corrected chi connectivity index (χ1v) is 12.6. The van der Waals surface area contributed by atoms with E-state index in [0.29, 0.717) is 35.7 Å². The van der Waals surface area contributed by atoms with E-state index in [4.69, 9.17) is 15.6 Å². The van der Waals surface area contributed by atoms with Crippen LogP contribution in [0.15, 0.2) is 79.1 Å². The molecule has 1 atom stereocenters. The van der Waals surface area contributed by atoms with E-state index in [-0.39, 0.29) is 37.8 Å². The van der Waals surface area contributed by atoms with Gasteiger partial charge in [-0.25, -0.2) is 9.07 Å². The van der Waals surface area contributed by atoms with Crippen molar-refractivity contribution >= 4 is 11.8 Å². The Labute approximate surface area is 225 Å². The van der Waals surface area contributed by atoms with Crippen molar-refractivity contribution in [2.24, 2.45) is 5.73 Å². The molecule has 0 bridgehead atoms. The van der Waals surface area contributed by atoms with Crippen LogP contribution in [-0.2, 0) is 22.4 Å². The Bertz CT molecular complexity index is 1380. The van der Waals surface area contributed by atoms with E-state index in [9.17, 15) is 19.1 Å². The summed E-state index contributed by atoms with van der Waals surface area (Å²) in [5, 5.41) is 17.2. The number of nitrogens with one attached hydrogen (secondary N) is 1. The highest BCUT2D eigenvalue weighted by atomic mass is 19.1. The van der Waals surface area contributed by atoms with E-state index in [1.165, 1.54) is 12.1 Å². The molecule has 4 aromatic rings. The van der Waals surface area contributed by atoms with E-state index in [1.807, 2.05) is 36.4 Å². The van der Waals surface area contributed by atoms with Crippen molar-refractivity contribution in [1.29, 1.82) is 0 Å². The summed E-state index contributed by atoms with van der Waals surface area (Å²) in [5.74, 6) is -0.932. The lowest BCUT2D eigenvalue weighted by atomic mass is 10.1. The molecule has 0 aliphatic heterocycles. The van der Waals surface area contributed by atoms with Gasteiger partial charge in [0.2, 0.25) is 17.7 Å². The van der Waals surface area contributed by atoms with Crippen LogP contribution in [0.5, 0.6) is 5.88 Å². The normalized spacial score (nSPS) is 11.6. The van der Waals surface area contributed by atoms with Crippen molar-refractivity contribution in [2.75, 3.05) is 13.2 Å². The molecule has 0 aliphatic carbocycles. The maximum atomic E-state index is 13.6. The predicted molar refractivity (Wildman–Crippen MR) is 144 cm³/mol. The van der Waals surface area contributed by atoms with Gasteiger partial charge in [0.25, 0.3) is 0 Å². The highest BCUT2D eigenvalue weighted by Gasteiger charge is 2.22. The number of amides is 2. The minimum atomic E-state index is -0.820. The Morgan fingerprint density at radius 1 is 1.08 bits per heavy atom. The second-order valence-electron chi connectivity index (χ2n) is 8.90. The van der Waals surface area contributed by atoms with Gasteiger partial charge >= 0.3 is 0 Å². The van der Waals surface area contributed by atoms with Crippen molar-refractivity contribution in [3.8, 4) is 22.8 Å². The monoisotopic (exact) mass is 531 g/mol. The van der Waals surface area contributed by atoms with Gasteiger partial charge in [-0.2, -0.15) is 5.10 Å². The van der Waals surface area contributed by atoms with Crippen molar-refractivity contribution in [3.63, 3.8) is 0 Å². The largest absolute Gasteiger partial charge is 0.477 e. The fraction of sp³-hybridized carbons (Fsp3) is 0.241. The zero-order valence-electron chi connectivity index (χ0n) is 21.3. The minimum absolute atomic E-state index is 0.105. The average Bonchev–Trinajstić information content (AvgIpc) is 3.30. The SMILES string of the molecule is NC(=O)[C@H](Cc1ccccc1)NC(=O)CCCOc1c(CCO)c(-c2cccnc2)nn1-c1ccc(F)cc1. The quantitative estimate of drug-likeness (QED) is 0.227. The number of pyridine rings is 1. The minimum Gasteiger partial charge on any atom is -0.477 e. The lowest BCUT2D eigenvalue weighted by Gasteiger charge is -2.16. The van der Waals surface area contributed by atoms with Crippen LogP contribution in [0, 0.1) is 5.82 Å². The zero-order valence-corrected chi connectivity index (χ0v) is 21.3. The number of halogens is 1. The molecule has 0 fully saturated rings. The number of nitrogens with zero attached hydrogens (tertiary/aromatic N) is 3. The van der Waals surface area contributed by atoms with Crippen LogP contribution in [0.25, 0.3) is 16.9 Å². The summed E-state index contributed by atoms with van der Waals surface area (Å²) in [6.07, 6.45) is 4.33. The van der Waals surface area contributed by atoms with Gasteiger partial charge in [0.15, 0.2) is 0 Å². The lowest BCUT2D eigenvalue weighted by Crippen LogP contribution is -2.45. The smallest absolute Gasteiger partial charge is 0.240 e. The van der Waals surface area contributed by atoms with E-state index < -0.39 is 11.9 Å². The second kappa shape index (κ2) is 13.3. The average molecular weight is 532 g/mol. The van der Waals surface area contributed by atoms with Crippen molar-refractivity contribution in [2.45, 2.75) is 31.7 Å². The van der Waals surface area contributed by atoms with Crippen LogP contribution in [0.3, 0.4) is 0 Å². The Morgan fingerprint density at radius 2 is 1.85 bits per heavy atom. The molecule has 39 heavy (non-hydrogen) atoms. The molecule has 0 radical (unpaired) electrons. The molecule has 4 rings (SSSR count). The van der Waals surface area contributed by atoms with Crippen LogP contribution in [0.4, 0.5) is 4.39 Å². The third-order valence-electron chi connectivity index (χ3n) is 6.05. The van der Waals surface area contributed by atoms with Gasteiger partial charge in [-0.15, -0.1) is 0 Å². The first-order valence-electron chi connectivity index (χ1n) is 12.6. The lowest BCUT2D eigenvalue weighted by molar-refractivity contribution is -0.127. The predicted octanol–water partition coefficient (Wildman–Crippen LogP) is 2.98. The number of hydrogen-bond donors (Lipinski definition) is 3. The molecule has 202 valence electrons. The summed E-state index contributed by atoms with van der Waals surface area (Å²) >= 11 is 0. The number of benzene rings is 2. The molecule has 2 amide bonds. The number of primary amides is 1. The fourth-order valence-electron chi connectivity index (χ4n) is 4.15. The Hall–Kier alpha value is -4.57. The van der Waals surface area contributed by atoms with Gasteiger partial charge in [-0.1, -0.05) is 30.3 Å². The molecule has 0 saturated carbocycles. The third-order valence-corrected chi connectivity index (χ3v) is 6.05. The molecular formula is C29H30FN5O4. The second-order valence-corrected chi connectivity index (χ2v) is 8.90. The van der Waals surface area contributed by atoms with Crippen LogP contribution in [0.1, 0.15) is 24.0 Å². The molecule has 4 N–H and O–H groups in total. The van der Waals surface area contributed by atoms with E-state index in [2.05, 4.69) is 10.3 Å². The molecule has 2 aromatic heterocycles. The zero-order chi connectivity index (χ0) is 27.6. The summed E-state index contributed by atoms with van der Waals surface area (Å²) in [5.41, 5.74) is 8.95. The number of aliphatic hydroxyl groups excluding tert-OH is 1. The van der Waals surface area contributed by atoms with Crippen molar-refractivity contribution in [1.82, 2.24) is 20.1 Å². The number of carbonyl (C=O) groups is 2. The van der Waals surface area contributed by atoms with Gasteiger partial charge in [0, 0.05) is 49.4 Å². The number of aromatic nitrogens is 3. The Balaban J connectivity index is 1.47. The van der Waals surface area contributed by atoms with Gasteiger partial charge in [-0.05, 0) is 48.4 Å². The van der Waals surface area contributed by atoms with E-state index >= 15 is 0 Å². The number of ether oxygens (including phenoxy) is 1. The highest BCUT2D eigenvalue weighted by Crippen LogP contribution is 2.33. The highest BCUT2D eigenvalue weighted by molar-refractivity contribution is 5.86. The molecule has 2 aromatic carbocycles. The molecule has 9 nitrogen and oxygen atoms in total. The number of hydrogen-bond acceptors (Lipinski definition) is 6. The topological polar surface area (TPSA) is 132 Å². The van der Waals surface area contributed by atoms with Gasteiger partial charge in [0.05, 0.1) is 12.3 Å². The first-order chi connectivity index (χ1) is 19.0. The van der Waals surface area contributed by atoms with Crippen LogP contribution in [0.2, 0.25) is 0 Å². The summed E-state index contributed by atoms with van der Waals surface area (Å²) < 4.78 is 21.3. The summed E-state index contributed by atoms with van der Waals surface area (Å²) in [6, 6.07) is 17.9. The number of rotatable bonds is 13. The maximum absolute atomic E-state index is 13.6. The molecule has 10 heteroatoms. The number of carbonyl (C=O) groups excluding carboxylic acids is 2. The fourth-order valence-corrected chi connectivity index (χ4v) is 4.15. The van der Waals surface area contributed by atoms with Crippen LogP contribution >= 0.6 is 0 Å². The number of nitrogens with two attached hydrogens (primary N) is 1. The van der Waals surface area contributed by atoms with Crippen molar-refractivity contribution < 1.29 is 23.8 Å². The molecule has 2 heterocycles. The molecule has 0 unspecified atom stereocenters. The van der Waals surface area contributed by atoms with E-state index in [0.717, 1.165) is 11.1 Å². The number of aliphatic hydroxyl groups is 1. The first kappa shape index (κ1) is 27.5. The van der Waals surface area contributed by atoms with Gasteiger partial charge in [-0.3, -0.25) is 14.6 Å². The van der Waals surface area contributed by atoms with E-state index in [1.54, 1.807) is 35.3 Å². The van der Waals surface area contributed by atoms with Gasteiger partial charge in [0.1, 0.15) is 17.6 Å². The van der Waals surface area contributed by atoms with Gasteiger partial charge < -0.3 is 20.9 Å². The molecular weight excluding hydrogens is 501 g/mol. The molecule has 0 saturated heterocycles. The summed E-state index contributed by atoms with van der Waals surface area (Å²) in [7, 11) is 0. The third kappa shape index (κ3) is 7.26. The standard InChI is InChI=1S/C29H30FN5O4/c30-22-10-12-23(13-11-22)35-29(24(14-16-36)27(34-35)21-8-4-15-32-19-21)39-17-5-9-26(37)33-25(28(31)38)18-20-6-2-1-3-7-20/h1-4,6-8,10-13,15,19,25,36H,5,9,14,16-18H2,(H2,31,38)(H,33,37)/t25-/m0/s1. The summed E-state index contributed by atoms with van der Waals surface area (Å²) in [6.45, 7) is 0.0161. The van der Waals surface area contributed by atoms with Crippen LogP contribution < -0.4 is 15.8 Å². The molecule has 0 spiro atoms.